The van der Waals surface area contributed by atoms with Crippen molar-refractivity contribution in [2.75, 3.05) is 26.7 Å². The summed E-state index contributed by atoms with van der Waals surface area (Å²) < 4.78 is 6.39. The summed E-state index contributed by atoms with van der Waals surface area (Å²) in [5.74, 6) is -0.887. The lowest BCUT2D eigenvalue weighted by molar-refractivity contribution is 0.0325. The number of aromatic carboxylic acids is 1. The maximum Gasteiger partial charge on any atom is 0.336 e. The third kappa shape index (κ3) is 5.60. The minimum Gasteiger partial charge on any atom is -0.478 e. The molecule has 0 unspecified atom stereocenters. The van der Waals surface area contributed by atoms with Gasteiger partial charge in [0.2, 0.25) is 5.88 Å². The summed E-state index contributed by atoms with van der Waals surface area (Å²) >= 11 is 0. The molecule has 1 aliphatic heterocycles. The van der Waals surface area contributed by atoms with Crippen molar-refractivity contribution in [2.45, 2.75) is 51.8 Å². The van der Waals surface area contributed by atoms with Crippen LogP contribution in [0.1, 0.15) is 65.0 Å². The van der Waals surface area contributed by atoms with Crippen molar-refractivity contribution in [3.63, 3.8) is 0 Å². The van der Waals surface area contributed by atoms with Gasteiger partial charge in [-0.3, -0.25) is 9.69 Å². The molecule has 0 bridgehead atoms. The van der Waals surface area contributed by atoms with Gasteiger partial charge >= 0.3 is 5.97 Å². The minimum atomic E-state index is -0.951. The van der Waals surface area contributed by atoms with Gasteiger partial charge in [0.1, 0.15) is 11.7 Å². The van der Waals surface area contributed by atoms with Crippen LogP contribution in [0.25, 0.3) is 5.57 Å². The van der Waals surface area contributed by atoms with Gasteiger partial charge in [-0.1, -0.05) is 31.2 Å². The number of carbonyl (C=O) groups is 2. The van der Waals surface area contributed by atoms with Gasteiger partial charge in [0.05, 0.1) is 18.2 Å². The molecule has 192 valence electrons. The smallest absolute Gasteiger partial charge is 0.336 e. The third-order valence-corrected chi connectivity index (χ3v) is 7.11. The van der Waals surface area contributed by atoms with E-state index in [0.717, 1.165) is 30.4 Å². The molecule has 1 aromatic carbocycles. The topological polar surface area (TPSA) is 103 Å². The first-order valence-electron chi connectivity index (χ1n) is 12.6. The zero-order chi connectivity index (χ0) is 25.8. The van der Waals surface area contributed by atoms with E-state index in [1.165, 1.54) is 5.57 Å². The molecule has 0 saturated carbocycles. The highest BCUT2D eigenvalue weighted by Crippen LogP contribution is 2.32. The first-order valence-corrected chi connectivity index (χ1v) is 12.6. The number of hydrogen-bond acceptors (Lipinski definition) is 6. The van der Waals surface area contributed by atoms with E-state index in [1.807, 2.05) is 44.0 Å². The zero-order valence-corrected chi connectivity index (χ0v) is 21.2. The predicted molar refractivity (Wildman–Crippen MR) is 137 cm³/mol. The van der Waals surface area contributed by atoms with Gasteiger partial charge in [-0.25, -0.2) is 9.78 Å². The Bertz CT molecular complexity index is 1150. The fraction of sp³-hybridized carbons (Fsp3) is 0.464. The molecule has 0 fully saturated rings. The quantitative estimate of drug-likeness (QED) is 0.578. The summed E-state index contributed by atoms with van der Waals surface area (Å²) in [4.78, 5) is 33.5. The van der Waals surface area contributed by atoms with E-state index >= 15 is 0 Å². The number of benzene rings is 1. The Morgan fingerprint density at radius 3 is 2.81 bits per heavy atom. The molecule has 2 heterocycles. The Balaban J connectivity index is 1.62. The third-order valence-electron chi connectivity index (χ3n) is 7.11. The van der Waals surface area contributed by atoms with Crippen LogP contribution < -0.4 is 4.74 Å². The molecule has 2 N–H and O–H groups in total. The number of rotatable bonds is 8. The maximum absolute atomic E-state index is 13.6. The Labute approximate surface area is 212 Å². The average molecular weight is 494 g/mol. The highest BCUT2D eigenvalue weighted by atomic mass is 16.5. The maximum atomic E-state index is 13.6. The molecule has 36 heavy (non-hydrogen) atoms. The van der Waals surface area contributed by atoms with Crippen molar-refractivity contribution >= 4 is 17.4 Å². The fourth-order valence-corrected chi connectivity index (χ4v) is 4.96. The molecule has 4 rings (SSSR count). The summed E-state index contributed by atoms with van der Waals surface area (Å²) in [6.45, 7) is 5.11. The van der Waals surface area contributed by atoms with Gasteiger partial charge in [-0.15, -0.1) is 0 Å². The number of hydrogen-bond donors (Lipinski definition) is 2. The largest absolute Gasteiger partial charge is 0.478 e. The number of likely N-dealkylation sites (N-methyl/N-ethyl adjacent to an activating group) is 1. The Kier molecular flexibility index (Phi) is 8.06. The SMILES string of the molecule is C[C@H]1CN([C@@H](C)CO)C(=O)c2cc(C3=CCCC3)cnc2O[C@@H]1CN(C)Cc1ccccc1C(=O)O. The molecule has 2 aliphatic rings. The van der Waals surface area contributed by atoms with Gasteiger partial charge in [0.15, 0.2) is 0 Å². The Hall–Kier alpha value is -3.23. The lowest BCUT2D eigenvalue weighted by atomic mass is 9.98. The lowest BCUT2D eigenvalue weighted by Gasteiger charge is -2.37. The van der Waals surface area contributed by atoms with Crippen LogP contribution in [0, 0.1) is 5.92 Å². The van der Waals surface area contributed by atoms with Gasteiger partial charge in [-0.05, 0) is 62.1 Å². The van der Waals surface area contributed by atoms with E-state index in [4.69, 9.17) is 4.74 Å². The minimum absolute atomic E-state index is 0.0488. The Morgan fingerprint density at radius 1 is 1.33 bits per heavy atom. The molecule has 2 aromatic rings. The molecule has 1 aromatic heterocycles. The van der Waals surface area contributed by atoms with E-state index in [-0.39, 0.29) is 36.1 Å². The van der Waals surface area contributed by atoms with Crippen LogP contribution in [0.2, 0.25) is 0 Å². The number of carboxylic acid groups (broad SMARTS) is 1. The van der Waals surface area contributed by atoms with Gasteiger partial charge < -0.3 is 19.8 Å². The van der Waals surface area contributed by atoms with Gasteiger partial charge in [0, 0.05) is 31.7 Å². The molecule has 8 nitrogen and oxygen atoms in total. The first kappa shape index (κ1) is 25.9. The summed E-state index contributed by atoms with van der Waals surface area (Å²) in [5.41, 5.74) is 3.56. The number of carbonyl (C=O) groups excluding carboxylic acids is 1. The van der Waals surface area contributed by atoms with E-state index in [9.17, 15) is 19.8 Å². The molecule has 0 saturated heterocycles. The number of amides is 1. The molecule has 0 radical (unpaired) electrons. The second kappa shape index (κ2) is 11.2. The van der Waals surface area contributed by atoms with Crippen molar-refractivity contribution in [2.24, 2.45) is 5.92 Å². The number of aromatic nitrogens is 1. The summed E-state index contributed by atoms with van der Waals surface area (Å²) in [5, 5.41) is 19.4. The Morgan fingerprint density at radius 2 is 2.11 bits per heavy atom. The molecule has 8 heteroatoms. The van der Waals surface area contributed by atoms with Crippen molar-refractivity contribution in [1.29, 1.82) is 0 Å². The molecule has 1 aliphatic carbocycles. The molecular weight excluding hydrogens is 458 g/mol. The fourth-order valence-electron chi connectivity index (χ4n) is 4.96. The van der Waals surface area contributed by atoms with Crippen LogP contribution in [0.4, 0.5) is 0 Å². The zero-order valence-electron chi connectivity index (χ0n) is 21.2. The first-order chi connectivity index (χ1) is 17.3. The number of pyridine rings is 1. The van der Waals surface area contributed by atoms with Gasteiger partial charge in [0.25, 0.3) is 5.91 Å². The number of allylic oxidation sites excluding steroid dienone is 2. The van der Waals surface area contributed by atoms with Crippen LogP contribution >= 0.6 is 0 Å². The molecular formula is C28H35N3O5. The highest BCUT2D eigenvalue weighted by molar-refractivity contribution is 5.97. The predicted octanol–water partition coefficient (Wildman–Crippen LogP) is 3.70. The number of fused-ring (bicyclic) bond motifs is 1. The van der Waals surface area contributed by atoms with Gasteiger partial charge in [-0.2, -0.15) is 0 Å². The van der Waals surface area contributed by atoms with Crippen molar-refractivity contribution in [3.05, 3.63) is 64.9 Å². The normalized spacial score (nSPS) is 20.9. The standard InChI is InChI=1S/C28H35N3O5/c1-18-14-31(19(2)17-32)27(33)24-12-22(20-8-4-5-9-20)13-29-26(24)36-25(18)16-30(3)15-21-10-6-7-11-23(21)28(34)35/h6-8,10-13,18-19,25,32H,4-5,9,14-17H2,1-3H3,(H,34,35)/t18-,19-,25+/m0/s1. The van der Waals surface area contributed by atoms with Crippen LogP contribution in [0.5, 0.6) is 5.88 Å². The van der Waals surface area contributed by atoms with Crippen molar-refractivity contribution in [1.82, 2.24) is 14.8 Å². The summed E-state index contributed by atoms with van der Waals surface area (Å²) in [6, 6.07) is 8.51. The molecule has 3 atom stereocenters. The second-order valence-electron chi connectivity index (χ2n) is 9.98. The molecule has 0 spiro atoms. The number of nitrogens with zero attached hydrogens (tertiary/aromatic N) is 3. The second-order valence-corrected chi connectivity index (χ2v) is 9.98. The molecule has 1 amide bonds. The summed E-state index contributed by atoms with van der Waals surface area (Å²) in [6.07, 6.45) is 6.77. The van der Waals surface area contributed by atoms with Crippen LogP contribution in [-0.4, -0.2) is 75.8 Å². The lowest BCUT2D eigenvalue weighted by Crippen LogP contribution is -2.50. The van der Waals surface area contributed by atoms with Crippen LogP contribution in [0.3, 0.4) is 0 Å². The van der Waals surface area contributed by atoms with Crippen molar-refractivity contribution < 1.29 is 24.5 Å². The van der Waals surface area contributed by atoms with Crippen LogP contribution in [-0.2, 0) is 6.54 Å². The number of aliphatic hydroxyl groups is 1. The monoisotopic (exact) mass is 493 g/mol. The highest BCUT2D eigenvalue weighted by Gasteiger charge is 2.34. The number of carboxylic acids is 1. The van der Waals surface area contributed by atoms with E-state index in [1.54, 1.807) is 23.2 Å². The number of ether oxygens (including phenoxy) is 1. The van der Waals surface area contributed by atoms with Crippen molar-refractivity contribution in [3.8, 4) is 5.88 Å². The van der Waals surface area contributed by atoms with E-state index in [0.29, 0.717) is 31.1 Å². The average Bonchev–Trinajstić information content (AvgIpc) is 3.40. The van der Waals surface area contributed by atoms with E-state index in [2.05, 4.69) is 11.1 Å². The van der Waals surface area contributed by atoms with Crippen LogP contribution in [0.15, 0.2) is 42.6 Å². The number of aliphatic hydroxyl groups excluding tert-OH is 1. The van der Waals surface area contributed by atoms with E-state index < -0.39 is 5.97 Å². The summed E-state index contributed by atoms with van der Waals surface area (Å²) in [7, 11) is 1.93.